The average Bonchev–Trinajstić information content (AvgIpc) is 3.19. The largest absolute Gasteiger partial charge is 0.352 e. The van der Waals surface area contributed by atoms with Gasteiger partial charge in [-0.05, 0) is 68.4 Å². The summed E-state index contributed by atoms with van der Waals surface area (Å²) in [5, 5.41) is 4.28. The topological polar surface area (TPSA) is 46.0 Å². The molecule has 1 aliphatic heterocycles. The summed E-state index contributed by atoms with van der Waals surface area (Å²) < 4.78 is 2.36. The van der Waals surface area contributed by atoms with E-state index >= 15 is 0 Å². The van der Waals surface area contributed by atoms with Crippen LogP contribution >= 0.6 is 12.2 Å². The highest BCUT2D eigenvalue weighted by Gasteiger charge is 2.41. The van der Waals surface area contributed by atoms with Gasteiger partial charge in [-0.15, -0.1) is 0 Å². The van der Waals surface area contributed by atoms with Crippen molar-refractivity contribution < 1.29 is 0 Å². The van der Waals surface area contributed by atoms with Crippen molar-refractivity contribution >= 4 is 17.3 Å². The third kappa shape index (κ3) is 3.29. The van der Waals surface area contributed by atoms with E-state index < -0.39 is 0 Å². The molecule has 4 heterocycles. The Bertz CT molecular complexity index is 967. The lowest BCUT2D eigenvalue weighted by molar-refractivity contribution is 0.309. The fraction of sp³-hybridized carbons (Fsp3) is 0.318. The number of nitrogens with one attached hydrogen (secondary N) is 1. The number of nitrogens with zero attached hydrogens (tertiary/aromatic N) is 4. The lowest BCUT2D eigenvalue weighted by Crippen LogP contribution is -2.29. The van der Waals surface area contributed by atoms with E-state index in [4.69, 9.17) is 12.2 Å². The first-order chi connectivity index (χ1) is 13.6. The second-order valence-corrected chi connectivity index (χ2v) is 7.57. The molecule has 1 fully saturated rings. The van der Waals surface area contributed by atoms with E-state index in [1.807, 2.05) is 30.6 Å². The summed E-state index contributed by atoms with van der Waals surface area (Å²) in [5.41, 5.74) is 6.00. The molecule has 0 bridgehead atoms. The first-order valence-electron chi connectivity index (χ1n) is 9.63. The number of thiocarbonyl (C=S) groups is 1. The Labute approximate surface area is 171 Å². The second kappa shape index (κ2) is 7.72. The van der Waals surface area contributed by atoms with Crippen LogP contribution in [0.4, 0.5) is 0 Å². The number of rotatable bonds is 5. The molecule has 2 atom stereocenters. The predicted molar refractivity (Wildman–Crippen MR) is 115 cm³/mol. The zero-order chi connectivity index (χ0) is 19.7. The van der Waals surface area contributed by atoms with Gasteiger partial charge in [0.1, 0.15) is 0 Å². The Kier molecular flexibility index (Phi) is 5.13. The maximum absolute atomic E-state index is 5.76. The molecule has 0 aliphatic carbocycles. The molecule has 4 rings (SSSR count). The maximum Gasteiger partial charge on any atom is 0.170 e. The van der Waals surface area contributed by atoms with Crippen molar-refractivity contribution in [1.29, 1.82) is 0 Å². The molecule has 144 valence electrons. The Morgan fingerprint density at radius 2 is 2.00 bits per heavy atom. The monoisotopic (exact) mass is 391 g/mol. The van der Waals surface area contributed by atoms with Gasteiger partial charge >= 0.3 is 0 Å². The minimum absolute atomic E-state index is 0.0103. The van der Waals surface area contributed by atoms with Gasteiger partial charge in [-0.25, -0.2) is 0 Å². The summed E-state index contributed by atoms with van der Waals surface area (Å²) in [5.74, 6) is 0. The third-order valence-electron chi connectivity index (χ3n) is 5.52. The molecule has 0 aromatic carbocycles. The number of hydrogen-bond acceptors (Lipinski definition) is 3. The summed E-state index contributed by atoms with van der Waals surface area (Å²) in [7, 11) is 0. The normalized spacial score (nSPS) is 19.1. The van der Waals surface area contributed by atoms with Crippen LogP contribution in [0.1, 0.15) is 47.2 Å². The van der Waals surface area contributed by atoms with Crippen LogP contribution in [0.3, 0.4) is 0 Å². The molecular weight excluding hydrogens is 366 g/mol. The summed E-state index contributed by atoms with van der Waals surface area (Å²) in [6.07, 6.45) is 5.55. The highest BCUT2D eigenvalue weighted by molar-refractivity contribution is 7.80. The van der Waals surface area contributed by atoms with Gasteiger partial charge in [-0.2, -0.15) is 0 Å². The highest BCUT2D eigenvalue weighted by Crippen LogP contribution is 2.41. The summed E-state index contributed by atoms with van der Waals surface area (Å²) >= 11 is 5.76. The molecule has 0 saturated carbocycles. The van der Waals surface area contributed by atoms with Crippen LogP contribution in [0, 0.1) is 13.8 Å². The summed E-state index contributed by atoms with van der Waals surface area (Å²) in [6, 6.07) is 12.5. The van der Waals surface area contributed by atoms with Crippen molar-refractivity contribution in [2.45, 2.75) is 45.9 Å². The fourth-order valence-corrected chi connectivity index (χ4v) is 4.52. The number of pyridine rings is 2. The maximum atomic E-state index is 5.76. The van der Waals surface area contributed by atoms with Crippen LogP contribution in [-0.2, 0) is 13.1 Å². The van der Waals surface area contributed by atoms with E-state index in [1.54, 1.807) is 6.20 Å². The van der Waals surface area contributed by atoms with Crippen molar-refractivity contribution in [1.82, 2.24) is 24.8 Å². The number of aromatic nitrogens is 3. The molecule has 5 nitrogen and oxygen atoms in total. The third-order valence-corrected chi connectivity index (χ3v) is 5.87. The minimum Gasteiger partial charge on any atom is -0.352 e. The van der Waals surface area contributed by atoms with Gasteiger partial charge in [0, 0.05) is 43.1 Å². The Hall–Kier alpha value is -2.73. The van der Waals surface area contributed by atoms with Crippen LogP contribution < -0.4 is 5.32 Å². The molecule has 3 aromatic rings. The SMILES string of the molecule is CCn1c(C)cc([C@@H]2[C@@H](c3ccccn3)NC(=S)N2Cc2cccnc2)c1C. The minimum atomic E-state index is 0.0103. The van der Waals surface area contributed by atoms with Gasteiger partial charge < -0.3 is 14.8 Å². The van der Waals surface area contributed by atoms with Crippen LogP contribution in [-0.4, -0.2) is 24.5 Å². The van der Waals surface area contributed by atoms with Gasteiger partial charge in [0.15, 0.2) is 5.11 Å². The highest BCUT2D eigenvalue weighted by atomic mass is 32.1. The van der Waals surface area contributed by atoms with E-state index in [-0.39, 0.29) is 12.1 Å². The van der Waals surface area contributed by atoms with Crippen LogP contribution in [0.25, 0.3) is 0 Å². The zero-order valence-corrected chi connectivity index (χ0v) is 17.3. The smallest absolute Gasteiger partial charge is 0.170 e. The van der Waals surface area contributed by atoms with Gasteiger partial charge in [-0.1, -0.05) is 12.1 Å². The van der Waals surface area contributed by atoms with Crippen molar-refractivity contribution in [3.63, 3.8) is 0 Å². The predicted octanol–water partition coefficient (Wildman–Crippen LogP) is 4.09. The van der Waals surface area contributed by atoms with Crippen molar-refractivity contribution in [2.24, 2.45) is 0 Å². The quantitative estimate of drug-likeness (QED) is 0.664. The standard InChI is InChI=1S/C22H25N5S/c1-4-26-15(2)12-18(16(26)3)21-20(19-9-5-6-11-24-19)25-22(28)27(21)14-17-8-7-10-23-13-17/h5-13,20-21H,4,14H2,1-3H3,(H,25,28)/t20-,21-/m1/s1. The molecule has 1 saturated heterocycles. The van der Waals surface area contributed by atoms with Crippen molar-refractivity contribution in [2.75, 3.05) is 0 Å². The van der Waals surface area contributed by atoms with E-state index in [0.29, 0.717) is 6.54 Å². The Balaban J connectivity index is 1.80. The molecule has 1 aliphatic rings. The second-order valence-electron chi connectivity index (χ2n) is 7.19. The number of hydrogen-bond donors (Lipinski definition) is 1. The Morgan fingerprint density at radius 1 is 1.14 bits per heavy atom. The van der Waals surface area contributed by atoms with Gasteiger partial charge in [0.25, 0.3) is 0 Å². The molecule has 0 amide bonds. The molecular formula is C22H25N5S. The molecule has 0 unspecified atom stereocenters. The van der Waals surface area contributed by atoms with Crippen LogP contribution in [0.15, 0.2) is 55.0 Å². The van der Waals surface area contributed by atoms with E-state index in [0.717, 1.165) is 22.9 Å². The van der Waals surface area contributed by atoms with Crippen molar-refractivity contribution in [3.05, 3.63) is 83.2 Å². The number of aryl methyl sites for hydroxylation is 1. The average molecular weight is 392 g/mol. The van der Waals surface area contributed by atoms with Crippen LogP contribution in [0.2, 0.25) is 0 Å². The molecule has 6 heteroatoms. The molecule has 0 radical (unpaired) electrons. The molecule has 1 N–H and O–H groups in total. The fourth-order valence-electron chi connectivity index (χ4n) is 4.22. The lowest BCUT2D eigenvalue weighted by Gasteiger charge is -2.28. The molecule has 3 aromatic heterocycles. The first-order valence-corrected chi connectivity index (χ1v) is 10.0. The molecule has 0 spiro atoms. The van der Waals surface area contributed by atoms with E-state index in [1.165, 1.54) is 17.0 Å². The van der Waals surface area contributed by atoms with Gasteiger partial charge in [-0.3, -0.25) is 9.97 Å². The summed E-state index contributed by atoms with van der Waals surface area (Å²) in [4.78, 5) is 11.2. The summed E-state index contributed by atoms with van der Waals surface area (Å²) in [6.45, 7) is 8.22. The van der Waals surface area contributed by atoms with E-state index in [9.17, 15) is 0 Å². The lowest BCUT2D eigenvalue weighted by atomic mass is 9.96. The van der Waals surface area contributed by atoms with E-state index in [2.05, 4.69) is 63.7 Å². The van der Waals surface area contributed by atoms with Gasteiger partial charge in [0.2, 0.25) is 0 Å². The van der Waals surface area contributed by atoms with Crippen molar-refractivity contribution in [3.8, 4) is 0 Å². The Morgan fingerprint density at radius 3 is 2.64 bits per heavy atom. The molecule has 28 heavy (non-hydrogen) atoms. The zero-order valence-electron chi connectivity index (χ0n) is 16.5. The first kappa shape index (κ1) is 18.6. The van der Waals surface area contributed by atoms with Gasteiger partial charge in [0.05, 0.1) is 17.8 Å². The van der Waals surface area contributed by atoms with Crippen LogP contribution in [0.5, 0.6) is 0 Å².